The zero-order chi connectivity index (χ0) is 16.7. The fourth-order valence-electron chi connectivity index (χ4n) is 2.33. The maximum absolute atomic E-state index is 10.2. The Hall–Kier alpha value is -1.59. The predicted molar refractivity (Wildman–Crippen MR) is 93.8 cm³/mol. The average Bonchev–Trinajstić information content (AvgIpc) is 2.57. The number of halogens is 1. The van der Waals surface area contributed by atoms with Crippen LogP contribution in [0.1, 0.15) is 11.1 Å². The van der Waals surface area contributed by atoms with Crippen LogP contribution < -0.4 is 15.8 Å². The lowest BCUT2D eigenvalue weighted by molar-refractivity contribution is 0.141. The van der Waals surface area contributed by atoms with Crippen LogP contribution in [0.3, 0.4) is 0 Å². The highest BCUT2D eigenvalue weighted by Crippen LogP contribution is 2.13. The topological polar surface area (TPSA) is 67.5 Å². The molecule has 5 heteroatoms. The van der Waals surface area contributed by atoms with Crippen molar-refractivity contribution in [3.8, 4) is 5.75 Å². The van der Waals surface area contributed by atoms with Crippen LogP contribution in [-0.2, 0) is 13.0 Å². The number of methoxy groups -OCH3 is 1. The molecule has 4 nitrogen and oxygen atoms in total. The van der Waals surface area contributed by atoms with Crippen molar-refractivity contribution in [2.45, 2.75) is 25.1 Å². The summed E-state index contributed by atoms with van der Waals surface area (Å²) in [5, 5.41) is 14.1. The molecule has 0 heterocycles. The Bertz CT molecular complexity index is 604. The van der Waals surface area contributed by atoms with Gasteiger partial charge in [0.05, 0.1) is 13.2 Å². The van der Waals surface area contributed by atoms with Crippen LogP contribution in [-0.4, -0.2) is 30.9 Å². The summed E-state index contributed by atoms with van der Waals surface area (Å²) in [6, 6.07) is 15.0. The Kier molecular flexibility index (Phi) is 6.86. The molecule has 0 aliphatic rings. The number of aliphatic hydroxyl groups is 1. The highest BCUT2D eigenvalue weighted by atomic mass is 35.5. The van der Waals surface area contributed by atoms with E-state index in [4.69, 9.17) is 22.1 Å². The van der Waals surface area contributed by atoms with Crippen molar-refractivity contribution in [2.24, 2.45) is 5.73 Å². The quantitative estimate of drug-likeness (QED) is 0.693. The lowest BCUT2D eigenvalue weighted by atomic mass is 10.0. The van der Waals surface area contributed by atoms with E-state index in [1.54, 1.807) is 7.11 Å². The Labute approximate surface area is 142 Å². The van der Waals surface area contributed by atoms with Crippen LogP contribution in [0.5, 0.6) is 5.75 Å². The molecule has 0 spiro atoms. The first-order valence-corrected chi connectivity index (χ1v) is 7.98. The van der Waals surface area contributed by atoms with Crippen LogP contribution in [0.15, 0.2) is 48.5 Å². The maximum atomic E-state index is 10.2. The van der Waals surface area contributed by atoms with Gasteiger partial charge in [0.25, 0.3) is 0 Å². The zero-order valence-electron chi connectivity index (χ0n) is 13.2. The number of ether oxygens (including phenoxy) is 1. The van der Waals surface area contributed by atoms with E-state index in [1.807, 2.05) is 48.5 Å². The van der Waals surface area contributed by atoms with Crippen molar-refractivity contribution in [1.29, 1.82) is 0 Å². The van der Waals surface area contributed by atoms with Crippen molar-refractivity contribution in [1.82, 2.24) is 5.32 Å². The molecule has 0 saturated carbocycles. The molecule has 2 aromatic carbocycles. The number of nitrogens with one attached hydrogen (secondary N) is 1. The SMILES string of the molecule is COc1cccc(CNC[C@@H](O)[C@@H](N)Cc2ccc(Cl)cc2)c1. The first-order chi connectivity index (χ1) is 11.1. The van der Waals surface area contributed by atoms with E-state index < -0.39 is 6.10 Å². The largest absolute Gasteiger partial charge is 0.497 e. The van der Waals surface area contributed by atoms with E-state index in [0.29, 0.717) is 24.5 Å². The molecule has 2 rings (SSSR count). The fourth-order valence-corrected chi connectivity index (χ4v) is 2.45. The highest BCUT2D eigenvalue weighted by Gasteiger charge is 2.15. The van der Waals surface area contributed by atoms with Crippen molar-refractivity contribution < 1.29 is 9.84 Å². The van der Waals surface area contributed by atoms with E-state index in [-0.39, 0.29) is 6.04 Å². The number of nitrogens with two attached hydrogens (primary N) is 1. The number of hydrogen-bond donors (Lipinski definition) is 3. The lowest BCUT2D eigenvalue weighted by Gasteiger charge is -2.19. The summed E-state index contributed by atoms with van der Waals surface area (Å²) in [7, 11) is 1.64. The van der Waals surface area contributed by atoms with Gasteiger partial charge in [-0.05, 0) is 41.8 Å². The number of rotatable bonds is 8. The minimum atomic E-state index is -0.615. The molecule has 2 aromatic rings. The molecule has 0 amide bonds. The molecule has 4 N–H and O–H groups in total. The third kappa shape index (κ3) is 5.84. The summed E-state index contributed by atoms with van der Waals surface area (Å²) in [4.78, 5) is 0. The number of benzene rings is 2. The van der Waals surface area contributed by atoms with Gasteiger partial charge in [-0.1, -0.05) is 35.9 Å². The lowest BCUT2D eigenvalue weighted by Crippen LogP contribution is -2.42. The van der Waals surface area contributed by atoms with E-state index >= 15 is 0 Å². The van der Waals surface area contributed by atoms with Gasteiger partial charge < -0.3 is 20.9 Å². The molecule has 0 unspecified atom stereocenters. The predicted octanol–water partition coefficient (Wildman–Crippen LogP) is 2.37. The van der Waals surface area contributed by atoms with Crippen molar-refractivity contribution in [3.63, 3.8) is 0 Å². The van der Waals surface area contributed by atoms with Crippen molar-refractivity contribution >= 4 is 11.6 Å². The van der Waals surface area contributed by atoms with Gasteiger partial charge in [0.15, 0.2) is 0 Å². The molecule has 23 heavy (non-hydrogen) atoms. The monoisotopic (exact) mass is 334 g/mol. The number of aliphatic hydroxyl groups excluding tert-OH is 1. The van der Waals surface area contributed by atoms with Crippen molar-refractivity contribution in [2.75, 3.05) is 13.7 Å². The molecule has 0 radical (unpaired) electrons. The van der Waals surface area contributed by atoms with Crippen LogP contribution in [0.2, 0.25) is 5.02 Å². The van der Waals surface area contributed by atoms with Gasteiger partial charge in [-0.3, -0.25) is 0 Å². The van der Waals surface area contributed by atoms with E-state index in [2.05, 4.69) is 5.32 Å². The van der Waals surface area contributed by atoms with Crippen molar-refractivity contribution in [3.05, 3.63) is 64.7 Å². The van der Waals surface area contributed by atoms with E-state index in [0.717, 1.165) is 16.9 Å². The van der Waals surface area contributed by atoms with E-state index in [9.17, 15) is 5.11 Å². The third-order valence-electron chi connectivity index (χ3n) is 3.70. The average molecular weight is 335 g/mol. The molecule has 0 aromatic heterocycles. The zero-order valence-corrected chi connectivity index (χ0v) is 14.0. The molecule has 124 valence electrons. The second kappa shape index (κ2) is 8.89. The number of hydrogen-bond acceptors (Lipinski definition) is 4. The van der Waals surface area contributed by atoms with Gasteiger partial charge in [-0.15, -0.1) is 0 Å². The Morgan fingerprint density at radius 3 is 2.61 bits per heavy atom. The molecule has 0 aliphatic heterocycles. The van der Waals surface area contributed by atoms with E-state index in [1.165, 1.54) is 0 Å². The summed E-state index contributed by atoms with van der Waals surface area (Å²) < 4.78 is 5.19. The standard InChI is InChI=1S/C18H23ClN2O2/c1-23-16-4-2-3-14(9-16)11-21-12-18(22)17(20)10-13-5-7-15(19)8-6-13/h2-9,17-18,21-22H,10-12,20H2,1H3/t17-,18+/m0/s1. The molecular weight excluding hydrogens is 312 g/mol. The van der Waals surface area contributed by atoms with Gasteiger partial charge in [-0.2, -0.15) is 0 Å². The second-order valence-electron chi connectivity index (χ2n) is 5.54. The normalized spacial score (nSPS) is 13.6. The minimum Gasteiger partial charge on any atom is -0.497 e. The van der Waals surface area contributed by atoms with Gasteiger partial charge in [0, 0.05) is 24.2 Å². The summed E-state index contributed by atoms with van der Waals surface area (Å²) >= 11 is 5.86. The molecule has 0 saturated heterocycles. The van der Waals surface area contributed by atoms with Gasteiger partial charge in [0.2, 0.25) is 0 Å². The van der Waals surface area contributed by atoms with Crippen LogP contribution >= 0.6 is 11.6 Å². The molecule has 2 atom stereocenters. The fraction of sp³-hybridized carbons (Fsp3) is 0.333. The third-order valence-corrected chi connectivity index (χ3v) is 3.95. The van der Waals surface area contributed by atoms with Crippen LogP contribution in [0, 0.1) is 0 Å². The summed E-state index contributed by atoms with van der Waals surface area (Å²) in [5.41, 5.74) is 8.23. The summed E-state index contributed by atoms with van der Waals surface area (Å²) in [6.07, 6.45) is -0.00426. The molecular formula is C18H23ClN2O2. The van der Waals surface area contributed by atoms with Gasteiger partial charge in [0.1, 0.15) is 5.75 Å². The maximum Gasteiger partial charge on any atom is 0.119 e. The Morgan fingerprint density at radius 1 is 1.17 bits per heavy atom. The highest BCUT2D eigenvalue weighted by molar-refractivity contribution is 6.30. The summed E-state index contributed by atoms with van der Waals surface area (Å²) in [6.45, 7) is 1.09. The first-order valence-electron chi connectivity index (χ1n) is 7.60. The molecule has 0 bridgehead atoms. The Balaban J connectivity index is 1.77. The van der Waals surface area contributed by atoms with Crippen LogP contribution in [0.4, 0.5) is 0 Å². The minimum absolute atomic E-state index is 0.325. The molecule has 0 aliphatic carbocycles. The summed E-state index contributed by atoms with van der Waals surface area (Å²) in [5.74, 6) is 0.823. The van der Waals surface area contributed by atoms with Gasteiger partial charge >= 0.3 is 0 Å². The molecule has 0 fully saturated rings. The Morgan fingerprint density at radius 2 is 1.91 bits per heavy atom. The second-order valence-corrected chi connectivity index (χ2v) is 5.98. The first kappa shape index (κ1) is 17.8. The van der Waals surface area contributed by atoms with Crippen LogP contribution in [0.25, 0.3) is 0 Å². The van der Waals surface area contributed by atoms with Gasteiger partial charge in [-0.25, -0.2) is 0 Å². The smallest absolute Gasteiger partial charge is 0.119 e.